The fourth-order valence-electron chi connectivity index (χ4n) is 2.42. The van der Waals surface area contributed by atoms with Gasteiger partial charge >= 0.3 is 0 Å². The first-order valence-corrected chi connectivity index (χ1v) is 6.93. The van der Waals surface area contributed by atoms with Gasteiger partial charge in [-0.15, -0.1) is 0 Å². The van der Waals surface area contributed by atoms with Crippen molar-refractivity contribution in [1.29, 1.82) is 0 Å². The van der Waals surface area contributed by atoms with Gasteiger partial charge in [-0.3, -0.25) is 4.79 Å². The van der Waals surface area contributed by atoms with E-state index in [0.717, 1.165) is 37.2 Å². The molecule has 1 aliphatic heterocycles. The normalized spacial score (nSPS) is 19.4. The third kappa shape index (κ3) is 4.04. The quantitative estimate of drug-likeness (QED) is 0.869. The maximum atomic E-state index is 12.2. The molecule has 0 aromatic heterocycles. The first-order chi connectivity index (χ1) is 9.16. The molecule has 2 rings (SSSR count). The van der Waals surface area contributed by atoms with Crippen molar-refractivity contribution in [2.24, 2.45) is 0 Å². The van der Waals surface area contributed by atoms with Gasteiger partial charge in [0.2, 0.25) is 5.91 Å². The van der Waals surface area contributed by atoms with Gasteiger partial charge in [-0.1, -0.05) is 24.6 Å². The van der Waals surface area contributed by atoms with Crippen LogP contribution in [0.5, 0.6) is 0 Å². The van der Waals surface area contributed by atoms with Gasteiger partial charge in [0.15, 0.2) is 0 Å². The summed E-state index contributed by atoms with van der Waals surface area (Å²) in [6, 6.07) is 7.96. The van der Waals surface area contributed by atoms with Crippen LogP contribution in [0.4, 0.5) is 5.69 Å². The fraction of sp³-hybridized carbons (Fsp3) is 0.533. The number of para-hydroxylation sites is 1. The highest BCUT2D eigenvalue weighted by atomic mass is 16.2. The molecule has 1 aliphatic rings. The first kappa shape index (κ1) is 14.0. The third-order valence-corrected chi connectivity index (χ3v) is 3.39. The summed E-state index contributed by atoms with van der Waals surface area (Å²) in [6.45, 7) is 1.77. The molecule has 1 aromatic rings. The third-order valence-electron chi connectivity index (χ3n) is 3.39. The number of nitrogens with one attached hydrogen (secondary N) is 2. The van der Waals surface area contributed by atoms with Crippen molar-refractivity contribution >= 4 is 11.6 Å². The number of piperidine rings is 1. The molecule has 4 heteroatoms. The van der Waals surface area contributed by atoms with E-state index < -0.39 is 0 Å². The topological polar surface area (TPSA) is 44.4 Å². The van der Waals surface area contributed by atoms with Crippen LogP contribution >= 0.6 is 0 Å². The summed E-state index contributed by atoms with van der Waals surface area (Å²) in [5.41, 5.74) is 2.07. The number of amides is 1. The van der Waals surface area contributed by atoms with Crippen LogP contribution < -0.4 is 10.6 Å². The Labute approximate surface area is 115 Å². The van der Waals surface area contributed by atoms with E-state index in [1.165, 1.54) is 6.42 Å². The number of nitrogens with zero attached hydrogens (tertiary/aromatic N) is 1. The zero-order chi connectivity index (χ0) is 13.7. The Morgan fingerprint density at radius 2 is 2.16 bits per heavy atom. The van der Waals surface area contributed by atoms with Crippen molar-refractivity contribution in [3.8, 4) is 0 Å². The molecule has 0 spiro atoms. The molecule has 1 aromatic carbocycles. The monoisotopic (exact) mass is 261 g/mol. The molecule has 1 fully saturated rings. The zero-order valence-corrected chi connectivity index (χ0v) is 11.8. The van der Waals surface area contributed by atoms with Crippen LogP contribution in [-0.2, 0) is 11.3 Å². The summed E-state index contributed by atoms with van der Waals surface area (Å²) in [5.74, 6) is 0.0888. The van der Waals surface area contributed by atoms with Gasteiger partial charge in [0.25, 0.3) is 0 Å². The number of hydrogen-bond donors (Lipinski definition) is 2. The van der Waals surface area contributed by atoms with E-state index in [4.69, 9.17) is 0 Å². The van der Waals surface area contributed by atoms with Crippen molar-refractivity contribution in [3.05, 3.63) is 29.8 Å². The van der Waals surface area contributed by atoms with E-state index in [1.54, 1.807) is 0 Å². The fourth-order valence-corrected chi connectivity index (χ4v) is 2.42. The zero-order valence-electron chi connectivity index (χ0n) is 11.8. The van der Waals surface area contributed by atoms with Crippen LogP contribution in [0, 0.1) is 0 Å². The average molecular weight is 261 g/mol. The Morgan fingerprint density at radius 3 is 2.84 bits per heavy atom. The highest BCUT2D eigenvalue weighted by Crippen LogP contribution is 2.17. The summed E-state index contributed by atoms with van der Waals surface area (Å²) >= 11 is 0. The van der Waals surface area contributed by atoms with Crippen molar-refractivity contribution in [2.75, 3.05) is 26.0 Å². The average Bonchev–Trinajstić information content (AvgIpc) is 2.41. The second kappa shape index (κ2) is 6.68. The Kier molecular flexibility index (Phi) is 4.93. The van der Waals surface area contributed by atoms with Crippen LogP contribution in [-0.4, -0.2) is 37.5 Å². The minimum atomic E-state index is -0.0406. The Hall–Kier alpha value is -1.39. The van der Waals surface area contributed by atoms with E-state index in [-0.39, 0.29) is 11.9 Å². The summed E-state index contributed by atoms with van der Waals surface area (Å²) in [7, 11) is 4.06. The van der Waals surface area contributed by atoms with Crippen LogP contribution in [0.25, 0.3) is 0 Å². The molecule has 2 N–H and O–H groups in total. The molecule has 0 radical (unpaired) electrons. The minimum absolute atomic E-state index is 0.0406. The van der Waals surface area contributed by atoms with Crippen LogP contribution in [0.1, 0.15) is 24.8 Å². The van der Waals surface area contributed by atoms with Gasteiger partial charge in [-0.2, -0.15) is 0 Å². The van der Waals surface area contributed by atoms with E-state index in [1.807, 2.05) is 32.3 Å². The number of hydrogen-bond acceptors (Lipinski definition) is 3. The molecule has 0 aliphatic carbocycles. The number of carbonyl (C=O) groups is 1. The van der Waals surface area contributed by atoms with Gasteiger partial charge in [-0.05, 0) is 45.1 Å². The second-order valence-corrected chi connectivity index (χ2v) is 5.39. The largest absolute Gasteiger partial charge is 0.324 e. The van der Waals surface area contributed by atoms with Gasteiger partial charge in [0.1, 0.15) is 0 Å². The van der Waals surface area contributed by atoms with Gasteiger partial charge in [0, 0.05) is 12.2 Å². The molecular weight excluding hydrogens is 238 g/mol. The Morgan fingerprint density at radius 1 is 1.37 bits per heavy atom. The summed E-state index contributed by atoms with van der Waals surface area (Å²) in [5, 5.41) is 6.33. The molecular formula is C15H23N3O. The lowest BCUT2D eigenvalue weighted by Crippen LogP contribution is -2.43. The number of benzene rings is 1. The molecule has 0 bridgehead atoms. The van der Waals surface area contributed by atoms with E-state index in [2.05, 4.69) is 21.6 Å². The van der Waals surface area contributed by atoms with Crippen LogP contribution in [0.15, 0.2) is 24.3 Å². The molecule has 1 amide bonds. The van der Waals surface area contributed by atoms with Crippen LogP contribution in [0.2, 0.25) is 0 Å². The van der Waals surface area contributed by atoms with Crippen LogP contribution in [0.3, 0.4) is 0 Å². The molecule has 1 saturated heterocycles. The Balaban J connectivity index is 2.03. The lowest BCUT2D eigenvalue weighted by molar-refractivity contribution is -0.118. The van der Waals surface area contributed by atoms with Crippen molar-refractivity contribution in [2.45, 2.75) is 31.8 Å². The molecule has 4 nitrogen and oxygen atoms in total. The number of carbonyl (C=O) groups excluding carboxylic acids is 1. The smallest absolute Gasteiger partial charge is 0.241 e. The SMILES string of the molecule is CN(C)Cc1ccccc1NC(=O)[C@@H]1CCCCN1. The van der Waals surface area contributed by atoms with Crippen molar-refractivity contribution in [1.82, 2.24) is 10.2 Å². The molecule has 104 valence electrons. The van der Waals surface area contributed by atoms with E-state index >= 15 is 0 Å². The molecule has 1 heterocycles. The number of anilines is 1. The lowest BCUT2D eigenvalue weighted by atomic mass is 10.0. The highest BCUT2D eigenvalue weighted by Gasteiger charge is 2.20. The second-order valence-electron chi connectivity index (χ2n) is 5.39. The molecule has 0 unspecified atom stereocenters. The summed E-state index contributed by atoms with van der Waals surface area (Å²) in [6.07, 6.45) is 3.23. The first-order valence-electron chi connectivity index (χ1n) is 6.93. The number of rotatable bonds is 4. The lowest BCUT2D eigenvalue weighted by Gasteiger charge is -2.23. The predicted octanol–water partition coefficient (Wildman–Crippen LogP) is 1.83. The molecule has 0 saturated carbocycles. The minimum Gasteiger partial charge on any atom is -0.324 e. The van der Waals surface area contributed by atoms with Crippen molar-refractivity contribution < 1.29 is 4.79 Å². The van der Waals surface area contributed by atoms with E-state index in [9.17, 15) is 4.79 Å². The molecule has 1 atom stereocenters. The summed E-state index contributed by atoms with van der Waals surface area (Å²) in [4.78, 5) is 14.3. The maximum absolute atomic E-state index is 12.2. The maximum Gasteiger partial charge on any atom is 0.241 e. The standard InChI is InChI=1S/C15H23N3O/c1-18(2)11-12-7-3-4-8-13(12)17-15(19)14-9-5-6-10-16-14/h3-4,7-8,14,16H,5-6,9-11H2,1-2H3,(H,17,19)/t14-/m0/s1. The highest BCUT2D eigenvalue weighted by molar-refractivity contribution is 5.95. The predicted molar refractivity (Wildman–Crippen MR) is 78.1 cm³/mol. The summed E-state index contributed by atoms with van der Waals surface area (Å²) < 4.78 is 0. The molecule has 19 heavy (non-hydrogen) atoms. The van der Waals surface area contributed by atoms with Gasteiger partial charge < -0.3 is 15.5 Å². The van der Waals surface area contributed by atoms with Gasteiger partial charge in [-0.25, -0.2) is 0 Å². The van der Waals surface area contributed by atoms with E-state index in [0.29, 0.717) is 0 Å². The van der Waals surface area contributed by atoms with Gasteiger partial charge in [0.05, 0.1) is 6.04 Å². The Bertz CT molecular complexity index is 425. The van der Waals surface area contributed by atoms with Crippen molar-refractivity contribution in [3.63, 3.8) is 0 Å².